The minimum atomic E-state index is -1.33. The highest BCUT2D eigenvalue weighted by atomic mass is 16.5. The molecule has 0 radical (unpaired) electrons. The zero-order valence-electron chi connectivity index (χ0n) is 9.80. The number of ether oxygens (including phenoxy) is 1. The average molecular weight is 236 g/mol. The molecule has 1 N–H and O–H groups in total. The summed E-state index contributed by atoms with van der Waals surface area (Å²) in [5.41, 5.74) is -1.33. The molecular weight excluding hydrogens is 220 g/mol. The Hall–Kier alpha value is -1.62. The summed E-state index contributed by atoms with van der Waals surface area (Å²) in [6, 6.07) is 5.70. The molecule has 0 aliphatic carbocycles. The first-order valence-electron chi connectivity index (χ1n) is 5.62. The Morgan fingerprint density at radius 2 is 2.18 bits per heavy atom. The van der Waals surface area contributed by atoms with Gasteiger partial charge in [-0.1, -0.05) is 6.07 Å². The fourth-order valence-electron chi connectivity index (χ4n) is 2.04. The van der Waals surface area contributed by atoms with Gasteiger partial charge in [-0.05, 0) is 12.1 Å². The fraction of sp³-hybridized carbons (Fsp3) is 0.500. The van der Waals surface area contributed by atoms with Crippen LogP contribution in [-0.4, -0.2) is 41.9 Å². The SMILES string of the molecule is COC(=O)C1(O)CCN(c2ccccn2)CC1. The summed E-state index contributed by atoms with van der Waals surface area (Å²) in [4.78, 5) is 17.7. The van der Waals surface area contributed by atoms with Gasteiger partial charge in [0, 0.05) is 32.1 Å². The Morgan fingerprint density at radius 3 is 2.71 bits per heavy atom. The highest BCUT2D eigenvalue weighted by molar-refractivity contribution is 5.79. The van der Waals surface area contributed by atoms with E-state index >= 15 is 0 Å². The van der Waals surface area contributed by atoms with Crippen LogP contribution in [0.1, 0.15) is 12.8 Å². The summed E-state index contributed by atoms with van der Waals surface area (Å²) >= 11 is 0. The molecule has 1 saturated heterocycles. The Morgan fingerprint density at radius 1 is 1.47 bits per heavy atom. The fourth-order valence-corrected chi connectivity index (χ4v) is 2.04. The monoisotopic (exact) mass is 236 g/mol. The van der Waals surface area contributed by atoms with Crippen LogP contribution < -0.4 is 4.90 Å². The Labute approximate surface area is 100 Å². The molecule has 17 heavy (non-hydrogen) atoms. The van der Waals surface area contributed by atoms with E-state index in [-0.39, 0.29) is 0 Å². The molecule has 2 heterocycles. The number of nitrogens with zero attached hydrogens (tertiary/aromatic N) is 2. The van der Waals surface area contributed by atoms with E-state index in [9.17, 15) is 9.90 Å². The zero-order chi connectivity index (χ0) is 12.3. The summed E-state index contributed by atoms with van der Waals surface area (Å²) in [7, 11) is 1.30. The first-order valence-corrected chi connectivity index (χ1v) is 5.62. The highest BCUT2D eigenvalue weighted by Gasteiger charge is 2.40. The van der Waals surface area contributed by atoms with Crippen LogP contribution >= 0.6 is 0 Å². The van der Waals surface area contributed by atoms with Crippen LogP contribution in [0.2, 0.25) is 0 Å². The van der Waals surface area contributed by atoms with Crippen molar-refractivity contribution in [1.82, 2.24) is 4.98 Å². The van der Waals surface area contributed by atoms with Crippen LogP contribution in [0.5, 0.6) is 0 Å². The summed E-state index contributed by atoms with van der Waals surface area (Å²) in [6.07, 6.45) is 2.48. The van der Waals surface area contributed by atoms with E-state index in [1.807, 2.05) is 18.2 Å². The van der Waals surface area contributed by atoms with Crippen molar-refractivity contribution in [2.45, 2.75) is 18.4 Å². The highest BCUT2D eigenvalue weighted by Crippen LogP contribution is 2.25. The van der Waals surface area contributed by atoms with Gasteiger partial charge < -0.3 is 14.7 Å². The maximum atomic E-state index is 11.4. The smallest absolute Gasteiger partial charge is 0.337 e. The molecule has 2 rings (SSSR count). The number of anilines is 1. The van der Waals surface area contributed by atoms with Crippen molar-refractivity contribution in [1.29, 1.82) is 0 Å². The second-order valence-electron chi connectivity index (χ2n) is 4.20. The van der Waals surface area contributed by atoms with Crippen LogP contribution in [0.25, 0.3) is 0 Å². The van der Waals surface area contributed by atoms with E-state index in [0.29, 0.717) is 25.9 Å². The Bertz CT molecular complexity index is 386. The standard InChI is InChI=1S/C12H16N2O3/c1-17-11(15)12(16)5-8-14(9-6-12)10-4-2-3-7-13-10/h2-4,7,16H,5-6,8-9H2,1H3. The number of pyridine rings is 1. The number of rotatable bonds is 2. The summed E-state index contributed by atoms with van der Waals surface area (Å²) < 4.78 is 4.61. The van der Waals surface area contributed by atoms with E-state index < -0.39 is 11.6 Å². The number of carbonyl (C=O) groups is 1. The van der Waals surface area contributed by atoms with Gasteiger partial charge >= 0.3 is 5.97 Å². The minimum Gasteiger partial charge on any atom is -0.467 e. The van der Waals surface area contributed by atoms with Gasteiger partial charge in [-0.3, -0.25) is 0 Å². The normalized spacial score (nSPS) is 18.8. The van der Waals surface area contributed by atoms with E-state index in [1.54, 1.807) is 6.20 Å². The van der Waals surface area contributed by atoms with E-state index in [1.165, 1.54) is 7.11 Å². The lowest BCUT2D eigenvalue weighted by Gasteiger charge is -2.36. The zero-order valence-corrected chi connectivity index (χ0v) is 9.80. The summed E-state index contributed by atoms with van der Waals surface area (Å²) in [5, 5.41) is 10.1. The van der Waals surface area contributed by atoms with Crippen LogP contribution in [0, 0.1) is 0 Å². The number of aromatic nitrogens is 1. The van der Waals surface area contributed by atoms with Crippen molar-refractivity contribution < 1.29 is 14.6 Å². The molecule has 0 amide bonds. The molecule has 0 aromatic carbocycles. The van der Waals surface area contributed by atoms with Crippen molar-refractivity contribution in [2.75, 3.05) is 25.1 Å². The number of methoxy groups -OCH3 is 1. The number of hydrogen-bond donors (Lipinski definition) is 1. The van der Waals surface area contributed by atoms with Gasteiger partial charge in [0.1, 0.15) is 5.82 Å². The van der Waals surface area contributed by atoms with Crippen molar-refractivity contribution in [3.05, 3.63) is 24.4 Å². The van der Waals surface area contributed by atoms with Crippen LogP contribution in [-0.2, 0) is 9.53 Å². The molecule has 5 nitrogen and oxygen atoms in total. The van der Waals surface area contributed by atoms with Crippen molar-refractivity contribution in [2.24, 2.45) is 0 Å². The van der Waals surface area contributed by atoms with Gasteiger partial charge in [0.25, 0.3) is 0 Å². The van der Waals surface area contributed by atoms with Gasteiger partial charge in [-0.25, -0.2) is 9.78 Å². The third-order valence-electron chi connectivity index (χ3n) is 3.13. The molecule has 0 bridgehead atoms. The lowest BCUT2D eigenvalue weighted by atomic mass is 9.91. The maximum Gasteiger partial charge on any atom is 0.337 e. The van der Waals surface area contributed by atoms with Crippen LogP contribution in [0.4, 0.5) is 5.82 Å². The lowest BCUT2D eigenvalue weighted by molar-refractivity contribution is -0.164. The predicted molar refractivity (Wildman–Crippen MR) is 62.6 cm³/mol. The third-order valence-corrected chi connectivity index (χ3v) is 3.13. The number of carbonyl (C=O) groups excluding carboxylic acids is 1. The maximum absolute atomic E-state index is 11.4. The lowest BCUT2D eigenvalue weighted by Crippen LogP contribution is -2.50. The Kier molecular flexibility index (Phi) is 3.28. The van der Waals surface area contributed by atoms with Gasteiger partial charge in [-0.2, -0.15) is 0 Å². The predicted octanol–water partition coefficient (Wildman–Crippen LogP) is 0.586. The summed E-state index contributed by atoms with van der Waals surface area (Å²) in [5.74, 6) is 0.331. The molecule has 0 spiro atoms. The molecule has 1 fully saturated rings. The molecule has 5 heteroatoms. The number of hydrogen-bond acceptors (Lipinski definition) is 5. The number of esters is 1. The molecule has 92 valence electrons. The average Bonchev–Trinajstić information content (AvgIpc) is 2.39. The minimum absolute atomic E-state index is 0.371. The van der Waals surface area contributed by atoms with E-state index in [4.69, 9.17) is 0 Å². The molecule has 1 aromatic heterocycles. The second kappa shape index (κ2) is 4.71. The first-order chi connectivity index (χ1) is 8.15. The topological polar surface area (TPSA) is 62.7 Å². The summed E-state index contributed by atoms with van der Waals surface area (Å²) in [6.45, 7) is 1.20. The molecule has 0 unspecified atom stereocenters. The molecule has 0 atom stereocenters. The largest absolute Gasteiger partial charge is 0.467 e. The van der Waals surface area contributed by atoms with Crippen molar-refractivity contribution in [3.8, 4) is 0 Å². The molecular formula is C12H16N2O3. The van der Waals surface area contributed by atoms with E-state index in [2.05, 4.69) is 14.6 Å². The van der Waals surface area contributed by atoms with Gasteiger partial charge in [0.2, 0.25) is 0 Å². The Balaban J connectivity index is 2.01. The third kappa shape index (κ3) is 2.39. The molecule has 1 aromatic rings. The van der Waals surface area contributed by atoms with Crippen molar-refractivity contribution >= 4 is 11.8 Å². The van der Waals surface area contributed by atoms with Gasteiger partial charge in [-0.15, -0.1) is 0 Å². The van der Waals surface area contributed by atoms with E-state index in [0.717, 1.165) is 5.82 Å². The molecule has 1 aliphatic rings. The van der Waals surface area contributed by atoms with Gasteiger partial charge in [0.15, 0.2) is 5.60 Å². The van der Waals surface area contributed by atoms with Crippen molar-refractivity contribution in [3.63, 3.8) is 0 Å². The number of piperidine rings is 1. The first kappa shape index (κ1) is 11.9. The van der Waals surface area contributed by atoms with Crippen LogP contribution in [0.3, 0.4) is 0 Å². The second-order valence-corrected chi connectivity index (χ2v) is 4.20. The quantitative estimate of drug-likeness (QED) is 0.761. The van der Waals surface area contributed by atoms with Gasteiger partial charge in [0.05, 0.1) is 7.11 Å². The molecule has 0 saturated carbocycles. The van der Waals surface area contributed by atoms with Crippen LogP contribution in [0.15, 0.2) is 24.4 Å². The molecule has 1 aliphatic heterocycles. The number of aliphatic hydroxyl groups is 1.